The summed E-state index contributed by atoms with van der Waals surface area (Å²) in [5, 5.41) is 0. The van der Waals surface area contributed by atoms with Crippen molar-refractivity contribution in [2.24, 2.45) is 0 Å². The van der Waals surface area contributed by atoms with Gasteiger partial charge in [-0.1, -0.05) is 56.5 Å². The van der Waals surface area contributed by atoms with E-state index >= 15 is 0 Å². The van der Waals surface area contributed by atoms with Gasteiger partial charge in [-0.3, -0.25) is 0 Å². The quantitative estimate of drug-likeness (QED) is 0.441. The zero-order valence-electron chi connectivity index (χ0n) is 16.8. The van der Waals surface area contributed by atoms with E-state index in [4.69, 9.17) is 0 Å². The monoisotopic (exact) mass is 358 g/mol. The van der Waals surface area contributed by atoms with Gasteiger partial charge in [0.2, 0.25) is 11.4 Å². The molecule has 27 heavy (non-hydrogen) atoms. The van der Waals surface area contributed by atoms with Gasteiger partial charge < -0.3 is 5.53 Å². The van der Waals surface area contributed by atoms with Gasteiger partial charge in [0.1, 0.15) is 0 Å². The van der Waals surface area contributed by atoms with Crippen LogP contribution in [0.5, 0.6) is 0 Å². The summed E-state index contributed by atoms with van der Waals surface area (Å²) >= 11 is 0. The van der Waals surface area contributed by atoms with Crippen molar-refractivity contribution in [2.45, 2.75) is 59.3 Å². The maximum Gasteiger partial charge on any atom is 0.210 e. The first-order valence-corrected chi connectivity index (χ1v) is 10.2. The van der Waals surface area contributed by atoms with Gasteiger partial charge in [0, 0.05) is 22.8 Å². The average molecular weight is 359 g/mol. The molecule has 2 aromatic rings. The summed E-state index contributed by atoms with van der Waals surface area (Å²) in [5.74, 6) is 0. The molecule has 140 valence electrons. The van der Waals surface area contributed by atoms with Crippen LogP contribution in [0, 0.1) is 6.92 Å². The van der Waals surface area contributed by atoms with Gasteiger partial charge in [0.15, 0.2) is 0 Å². The minimum atomic E-state index is 0.870. The van der Waals surface area contributed by atoms with Crippen LogP contribution in [0.2, 0.25) is 0 Å². The molecule has 1 heterocycles. The average Bonchev–Trinajstić information content (AvgIpc) is 3.01. The second-order valence-corrected chi connectivity index (χ2v) is 7.49. The Hall–Kier alpha value is -2.48. The lowest BCUT2D eigenvalue weighted by atomic mass is 10.00. The molecule has 2 heteroatoms. The first-order chi connectivity index (χ1) is 13.1. The highest BCUT2D eigenvalue weighted by Crippen LogP contribution is 2.37. The Morgan fingerprint density at radius 2 is 1.56 bits per heavy atom. The van der Waals surface area contributed by atoms with Crippen molar-refractivity contribution in [2.75, 3.05) is 0 Å². The largest absolute Gasteiger partial charge is 0.493 e. The molecule has 0 N–H and O–H groups in total. The Morgan fingerprint density at radius 3 is 2.26 bits per heavy atom. The molecule has 0 bridgehead atoms. The highest BCUT2D eigenvalue weighted by atomic mass is 15.2. The van der Waals surface area contributed by atoms with Crippen LogP contribution in [0.15, 0.2) is 60.2 Å². The highest BCUT2D eigenvalue weighted by molar-refractivity contribution is 5.78. The summed E-state index contributed by atoms with van der Waals surface area (Å²) in [6, 6.07) is 17.0. The normalized spacial score (nSPS) is 14.0. The number of unbranched alkanes of at least 4 members (excludes halogenated alkanes) is 2. The van der Waals surface area contributed by atoms with Gasteiger partial charge in [0.05, 0.1) is 0 Å². The third-order valence-corrected chi connectivity index (χ3v) is 5.22. The van der Waals surface area contributed by atoms with E-state index in [2.05, 4.69) is 75.4 Å². The lowest BCUT2D eigenvalue weighted by molar-refractivity contribution is -0.344. The van der Waals surface area contributed by atoms with Crippen molar-refractivity contribution in [3.63, 3.8) is 0 Å². The molecule has 0 aliphatic carbocycles. The van der Waals surface area contributed by atoms with Crippen molar-refractivity contribution >= 4 is 11.4 Å². The Labute approximate surface area is 163 Å². The number of nitrogens with zero attached hydrogens (tertiary/aromatic N) is 2. The number of hydrogen-bond acceptors (Lipinski definition) is 0. The SMILES string of the molecule is CCCCC1=C(c2cccc(CCCC)c2)[N+](=[N-])C(c2ccc(C)cc2)=C1. The Bertz CT molecular complexity index is 869. The fraction of sp³-hybridized carbons (Fsp3) is 0.360. The van der Waals surface area contributed by atoms with Crippen molar-refractivity contribution in [3.05, 3.63) is 88.0 Å². The van der Waals surface area contributed by atoms with Crippen LogP contribution in [0.3, 0.4) is 0 Å². The fourth-order valence-electron chi connectivity index (χ4n) is 3.60. The molecule has 0 unspecified atom stereocenters. The predicted octanol–water partition coefficient (Wildman–Crippen LogP) is 7.33. The van der Waals surface area contributed by atoms with Gasteiger partial charge in [-0.15, -0.1) is 0 Å². The van der Waals surface area contributed by atoms with Crippen LogP contribution >= 0.6 is 0 Å². The van der Waals surface area contributed by atoms with Crippen molar-refractivity contribution < 1.29 is 4.70 Å². The lowest BCUT2D eigenvalue weighted by Crippen LogP contribution is -2.03. The van der Waals surface area contributed by atoms with Gasteiger partial charge in [0.25, 0.3) is 0 Å². The minimum absolute atomic E-state index is 0.870. The molecule has 1 aliphatic heterocycles. The van der Waals surface area contributed by atoms with Crippen molar-refractivity contribution in [3.8, 4) is 0 Å². The van der Waals surface area contributed by atoms with E-state index in [0.29, 0.717) is 0 Å². The van der Waals surface area contributed by atoms with Crippen LogP contribution in [0.4, 0.5) is 0 Å². The molecule has 0 saturated carbocycles. The number of aryl methyl sites for hydroxylation is 2. The van der Waals surface area contributed by atoms with Crippen LogP contribution in [0.1, 0.15) is 68.2 Å². The van der Waals surface area contributed by atoms with Gasteiger partial charge >= 0.3 is 0 Å². The predicted molar refractivity (Wildman–Crippen MR) is 114 cm³/mol. The third-order valence-electron chi connectivity index (χ3n) is 5.22. The van der Waals surface area contributed by atoms with E-state index in [9.17, 15) is 5.53 Å². The summed E-state index contributed by atoms with van der Waals surface area (Å²) in [4.78, 5) is 0. The van der Waals surface area contributed by atoms with Gasteiger partial charge in [-0.25, -0.2) is 4.70 Å². The smallest absolute Gasteiger partial charge is 0.210 e. The molecular weight excluding hydrogens is 328 g/mol. The van der Waals surface area contributed by atoms with Crippen molar-refractivity contribution in [1.82, 2.24) is 0 Å². The highest BCUT2D eigenvalue weighted by Gasteiger charge is 2.28. The molecule has 0 aromatic heterocycles. The van der Waals surface area contributed by atoms with E-state index in [1.807, 2.05) is 0 Å². The Balaban J connectivity index is 1.97. The molecule has 2 aromatic carbocycles. The fourth-order valence-corrected chi connectivity index (χ4v) is 3.60. The van der Waals surface area contributed by atoms with E-state index in [-0.39, 0.29) is 0 Å². The first kappa shape index (κ1) is 19.3. The van der Waals surface area contributed by atoms with Crippen molar-refractivity contribution in [1.29, 1.82) is 0 Å². The Morgan fingerprint density at radius 1 is 0.852 bits per heavy atom. The Kier molecular flexibility index (Phi) is 6.39. The maximum absolute atomic E-state index is 11.1. The molecule has 3 rings (SSSR count). The molecule has 2 nitrogen and oxygen atoms in total. The van der Waals surface area contributed by atoms with Crippen LogP contribution in [-0.2, 0) is 6.42 Å². The number of hydrogen-bond donors (Lipinski definition) is 0. The second kappa shape index (κ2) is 8.94. The van der Waals surface area contributed by atoms with E-state index < -0.39 is 0 Å². The molecule has 0 spiro atoms. The minimum Gasteiger partial charge on any atom is -0.493 e. The number of allylic oxidation sites excluding steroid dienone is 2. The van der Waals surface area contributed by atoms with Crippen LogP contribution in [0.25, 0.3) is 16.9 Å². The molecular formula is C25H30N2. The summed E-state index contributed by atoms with van der Waals surface area (Å²) in [6.45, 7) is 6.52. The first-order valence-electron chi connectivity index (χ1n) is 10.2. The lowest BCUT2D eigenvalue weighted by Gasteiger charge is -2.11. The summed E-state index contributed by atoms with van der Waals surface area (Å²) < 4.78 is 1.40. The third kappa shape index (κ3) is 4.44. The summed E-state index contributed by atoms with van der Waals surface area (Å²) in [7, 11) is 0. The van der Waals surface area contributed by atoms with Crippen LogP contribution < -0.4 is 0 Å². The molecule has 0 radical (unpaired) electrons. The molecule has 0 saturated heterocycles. The topological polar surface area (TPSA) is 25.3 Å². The second-order valence-electron chi connectivity index (χ2n) is 7.49. The molecule has 0 atom stereocenters. The van der Waals surface area contributed by atoms with E-state index in [0.717, 1.165) is 48.2 Å². The molecule has 1 aliphatic rings. The number of benzene rings is 2. The molecule has 0 amide bonds. The molecule has 0 fully saturated rings. The maximum atomic E-state index is 11.1. The summed E-state index contributed by atoms with van der Waals surface area (Å²) in [6.07, 6.45) is 8.89. The van der Waals surface area contributed by atoms with Gasteiger partial charge in [-0.05, 0) is 62.4 Å². The van der Waals surface area contributed by atoms with E-state index in [1.165, 1.54) is 34.2 Å². The zero-order chi connectivity index (χ0) is 19.2. The standard InChI is InChI=1S/C25H30N2/c1-4-6-9-20-10-8-12-22(17-20)25-23(11-7-5-2)18-24(27(25)26)21-15-13-19(3)14-16-21/h8,10,12-18H,4-7,9,11H2,1-3H3. The zero-order valence-corrected chi connectivity index (χ0v) is 16.8. The number of rotatable bonds is 8. The summed E-state index contributed by atoms with van der Waals surface area (Å²) in [5.41, 5.74) is 18.8. The van der Waals surface area contributed by atoms with E-state index in [1.54, 1.807) is 0 Å². The van der Waals surface area contributed by atoms with Crippen LogP contribution in [-0.4, -0.2) is 4.70 Å². The van der Waals surface area contributed by atoms with Gasteiger partial charge in [-0.2, -0.15) is 0 Å².